The molecule has 2 unspecified atom stereocenters. The van der Waals surface area contributed by atoms with Gasteiger partial charge in [0.1, 0.15) is 0 Å². The van der Waals surface area contributed by atoms with Gasteiger partial charge in [-0.1, -0.05) is 0 Å². The summed E-state index contributed by atoms with van der Waals surface area (Å²) in [6.45, 7) is 6.33. The van der Waals surface area contributed by atoms with E-state index in [0.29, 0.717) is 12.6 Å². The van der Waals surface area contributed by atoms with Crippen LogP contribution in [0.25, 0.3) is 0 Å². The van der Waals surface area contributed by atoms with Crippen LogP contribution in [0.1, 0.15) is 20.3 Å². The highest BCUT2D eigenvalue weighted by atomic mass is 35.5. The van der Waals surface area contributed by atoms with Gasteiger partial charge in [0.05, 0.1) is 24.6 Å². The van der Waals surface area contributed by atoms with Gasteiger partial charge in [0.2, 0.25) is 0 Å². The van der Waals surface area contributed by atoms with Gasteiger partial charge in [-0.3, -0.25) is 9.69 Å². The average molecular weight is 220 g/mol. The molecule has 0 radical (unpaired) electrons. The summed E-state index contributed by atoms with van der Waals surface area (Å²) in [6, 6.07) is 0. The number of rotatable bonds is 3. The van der Waals surface area contributed by atoms with Gasteiger partial charge in [-0.05, 0) is 20.3 Å². The molecule has 0 bridgehead atoms. The van der Waals surface area contributed by atoms with E-state index in [2.05, 4.69) is 11.8 Å². The summed E-state index contributed by atoms with van der Waals surface area (Å²) in [5.41, 5.74) is 0. The van der Waals surface area contributed by atoms with E-state index in [1.807, 2.05) is 6.92 Å². The first-order valence-corrected chi connectivity index (χ1v) is 5.60. The summed E-state index contributed by atoms with van der Waals surface area (Å²) >= 11 is 5.47. The number of carbonyl (C=O) groups is 1. The van der Waals surface area contributed by atoms with Gasteiger partial charge in [-0.15, -0.1) is 11.6 Å². The van der Waals surface area contributed by atoms with Crippen LogP contribution in [0.2, 0.25) is 0 Å². The van der Waals surface area contributed by atoms with E-state index in [1.54, 1.807) is 0 Å². The third kappa shape index (κ3) is 3.95. The number of ketones is 1. The average Bonchev–Trinajstić information content (AvgIpc) is 2.27. The van der Waals surface area contributed by atoms with Crippen LogP contribution in [-0.2, 0) is 9.53 Å². The predicted octanol–water partition coefficient (Wildman–Crippen LogP) is 1.29. The van der Waals surface area contributed by atoms with Crippen molar-refractivity contribution in [3.05, 3.63) is 0 Å². The van der Waals surface area contributed by atoms with E-state index in [4.69, 9.17) is 16.3 Å². The molecule has 0 saturated carbocycles. The zero-order chi connectivity index (χ0) is 10.6. The van der Waals surface area contributed by atoms with E-state index in [-0.39, 0.29) is 17.8 Å². The Hall–Kier alpha value is -0.120. The van der Waals surface area contributed by atoms with Crippen molar-refractivity contribution >= 4 is 17.4 Å². The monoisotopic (exact) mass is 219 g/mol. The molecule has 3 nitrogen and oxygen atoms in total. The van der Waals surface area contributed by atoms with Gasteiger partial charge >= 0.3 is 0 Å². The second-order valence-corrected chi connectivity index (χ2v) is 4.22. The van der Waals surface area contributed by atoms with Gasteiger partial charge in [0.15, 0.2) is 5.78 Å². The Morgan fingerprint density at radius 2 is 2.21 bits per heavy atom. The molecule has 1 aliphatic heterocycles. The van der Waals surface area contributed by atoms with Crippen molar-refractivity contribution in [1.29, 1.82) is 0 Å². The SMILES string of the molecule is CC1CCN(CC(=O)CCl)CC(C)O1. The lowest BCUT2D eigenvalue weighted by Gasteiger charge is -2.20. The van der Waals surface area contributed by atoms with Gasteiger partial charge in [-0.2, -0.15) is 0 Å². The second-order valence-electron chi connectivity index (χ2n) is 3.95. The smallest absolute Gasteiger partial charge is 0.161 e. The van der Waals surface area contributed by atoms with E-state index in [1.165, 1.54) is 0 Å². The van der Waals surface area contributed by atoms with Crippen molar-refractivity contribution in [3.63, 3.8) is 0 Å². The van der Waals surface area contributed by atoms with Crippen LogP contribution in [0.5, 0.6) is 0 Å². The van der Waals surface area contributed by atoms with Crippen LogP contribution in [0, 0.1) is 0 Å². The quantitative estimate of drug-likeness (QED) is 0.670. The van der Waals surface area contributed by atoms with Crippen LogP contribution in [0.4, 0.5) is 0 Å². The maximum absolute atomic E-state index is 11.2. The molecule has 2 atom stereocenters. The maximum Gasteiger partial charge on any atom is 0.161 e. The molecule has 1 aliphatic rings. The van der Waals surface area contributed by atoms with Gasteiger partial charge in [-0.25, -0.2) is 0 Å². The maximum atomic E-state index is 11.2. The van der Waals surface area contributed by atoms with Crippen molar-refractivity contribution in [2.75, 3.05) is 25.5 Å². The lowest BCUT2D eigenvalue weighted by Crippen LogP contribution is -2.35. The first kappa shape index (κ1) is 12.0. The molecule has 14 heavy (non-hydrogen) atoms. The summed E-state index contributed by atoms with van der Waals surface area (Å²) in [5.74, 6) is 0.204. The lowest BCUT2D eigenvalue weighted by molar-refractivity contribution is -0.117. The van der Waals surface area contributed by atoms with Crippen molar-refractivity contribution in [3.8, 4) is 0 Å². The summed E-state index contributed by atoms with van der Waals surface area (Å²) in [5, 5.41) is 0. The predicted molar refractivity (Wildman–Crippen MR) is 56.8 cm³/mol. The first-order valence-electron chi connectivity index (χ1n) is 5.07. The number of hydrogen-bond donors (Lipinski definition) is 0. The van der Waals surface area contributed by atoms with Crippen molar-refractivity contribution in [1.82, 2.24) is 4.90 Å². The fourth-order valence-electron chi connectivity index (χ4n) is 1.76. The number of halogens is 1. The minimum Gasteiger partial charge on any atom is -0.374 e. The molecule has 1 fully saturated rings. The van der Waals surface area contributed by atoms with Crippen LogP contribution < -0.4 is 0 Å². The highest BCUT2D eigenvalue weighted by molar-refractivity contribution is 6.27. The molecule has 82 valence electrons. The molecule has 0 aliphatic carbocycles. The number of ether oxygens (including phenoxy) is 1. The fourth-order valence-corrected chi connectivity index (χ4v) is 1.85. The Bertz CT molecular complexity index is 199. The van der Waals surface area contributed by atoms with Crippen molar-refractivity contribution in [2.45, 2.75) is 32.5 Å². The largest absolute Gasteiger partial charge is 0.374 e. The number of alkyl halides is 1. The number of Topliss-reactive ketones (excluding diaryl/α,β-unsaturated/α-hetero) is 1. The second kappa shape index (κ2) is 5.69. The summed E-state index contributed by atoms with van der Waals surface area (Å²) < 4.78 is 5.67. The molecule has 0 aromatic rings. The highest BCUT2D eigenvalue weighted by Crippen LogP contribution is 2.11. The summed E-state index contributed by atoms with van der Waals surface area (Å²) in [6.07, 6.45) is 1.48. The Morgan fingerprint density at radius 3 is 2.86 bits per heavy atom. The zero-order valence-corrected chi connectivity index (χ0v) is 9.59. The number of nitrogens with zero attached hydrogens (tertiary/aromatic N) is 1. The first-order chi connectivity index (χ1) is 6.61. The minimum atomic E-state index is 0.0911. The third-order valence-corrected chi connectivity index (χ3v) is 2.68. The molecule has 1 rings (SSSR count). The number of carbonyl (C=O) groups excluding carboxylic acids is 1. The van der Waals surface area contributed by atoms with Gasteiger partial charge in [0.25, 0.3) is 0 Å². The molecule has 4 heteroatoms. The van der Waals surface area contributed by atoms with Gasteiger partial charge < -0.3 is 4.74 Å². The topological polar surface area (TPSA) is 29.5 Å². The lowest BCUT2D eigenvalue weighted by atomic mass is 10.2. The van der Waals surface area contributed by atoms with Crippen LogP contribution in [0.15, 0.2) is 0 Å². The normalized spacial score (nSPS) is 29.9. The van der Waals surface area contributed by atoms with Crippen LogP contribution in [-0.4, -0.2) is 48.4 Å². The molecular weight excluding hydrogens is 202 g/mol. The molecule has 0 spiro atoms. The molecule has 0 amide bonds. The molecule has 0 N–H and O–H groups in total. The molecule has 0 aromatic heterocycles. The van der Waals surface area contributed by atoms with Crippen LogP contribution in [0.3, 0.4) is 0 Å². The minimum absolute atomic E-state index is 0.0911. The Morgan fingerprint density at radius 1 is 1.50 bits per heavy atom. The standard InChI is InChI=1S/C10H18ClNO2/c1-8-3-4-12(6-9(2)14-8)7-10(13)5-11/h8-9H,3-7H2,1-2H3. The summed E-state index contributed by atoms with van der Waals surface area (Å²) in [7, 11) is 0. The summed E-state index contributed by atoms with van der Waals surface area (Å²) in [4.78, 5) is 13.3. The number of hydrogen-bond acceptors (Lipinski definition) is 3. The van der Waals surface area contributed by atoms with E-state index in [9.17, 15) is 4.79 Å². The van der Waals surface area contributed by atoms with Gasteiger partial charge in [0, 0.05) is 13.1 Å². The molecular formula is C10H18ClNO2. The third-order valence-electron chi connectivity index (χ3n) is 2.38. The van der Waals surface area contributed by atoms with E-state index >= 15 is 0 Å². The molecule has 1 saturated heterocycles. The van der Waals surface area contributed by atoms with Crippen molar-refractivity contribution < 1.29 is 9.53 Å². The Labute approximate surface area is 90.4 Å². The zero-order valence-electron chi connectivity index (χ0n) is 8.83. The Balaban J connectivity index is 2.41. The van der Waals surface area contributed by atoms with E-state index < -0.39 is 0 Å². The molecule has 0 aromatic carbocycles. The fraction of sp³-hybridized carbons (Fsp3) is 0.900. The Kier molecular flexibility index (Phi) is 4.85. The van der Waals surface area contributed by atoms with E-state index in [0.717, 1.165) is 19.5 Å². The molecule has 1 heterocycles. The highest BCUT2D eigenvalue weighted by Gasteiger charge is 2.20. The van der Waals surface area contributed by atoms with Crippen molar-refractivity contribution in [2.24, 2.45) is 0 Å². The van der Waals surface area contributed by atoms with Crippen LogP contribution >= 0.6 is 11.6 Å².